The zero-order chi connectivity index (χ0) is 20.8. The minimum atomic E-state index is -0.352. The molecule has 0 aliphatic heterocycles. The number of hydrogen-bond donors (Lipinski definition) is 2. The van der Waals surface area contributed by atoms with Gasteiger partial charge in [-0.05, 0) is 48.9 Å². The van der Waals surface area contributed by atoms with Gasteiger partial charge in [0.2, 0.25) is 5.95 Å². The van der Waals surface area contributed by atoms with Crippen molar-refractivity contribution in [2.24, 2.45) is 0 Å². The topological polar surface area (TPSA) is 76.1 Å². The third-order valence-corrected chi connectivity index (χ3v) is 4.39. The van der Waals surface area contributed by atoms with E-state index in [0.717, 1.165) is 11.3 Å². The molecule has 4 aromatic rings. The molecule has 0 saturated heterocycles. The summed E-state index contributed by atoms with van der Waals surface area (Å²) in [5.74, 6) is 1.23. The van der Waals surface area contributed by atoms with E-state index in [4.69, 9.17) is 4.74 Å². The Morgan fingerprint density at radius 3 is 2.33 bits per heavy atom. The van der Waals surface area contributed by atoms with Gasteiger partial charge in [-0.2, -0.15) is 0 Å². The lowest BCUT2D eigenvalue weighted by Gasteiger charge is -2.12. The third-order valence-electron chi connectivity index (χ3n) is 4.39. The molecule has 1 heterocycles. The molecule has 0 saturated carbocycles. The van der Waals surface area contributed by atoms with Crippen molar-refractivity contribution in [3.63, 3.8) is 0 Å². The van der Waals surface area contributed by atoms with Crippen LogP contribution in [0.2, 0.25) is 0 Å². The van der Waals surface area contributed by atoms with Gasteiger partial charge in [0.25, 0.3) is 5.91 Å². The number of carbonyl (C=O) groups is 1. The van der Waals surface area contributed by atoms with Gasteiger partial charge in [-0.1, -0.05) is 48.5 Å². The number of para-hydroxylation sites is 4. The summed E-state index contributed by atoms with van der Waals surface area (Å²) in [6, 6.07) is 26.0. The van der Waals surface area contributed by atoms with Crippen molar-refractivity contribution in [2.45, 2.75) is 6.92 Å². The van der Waals surface area contributed by atoms with E-state index in [-0.39, 0.29) is 11.6 Å². The van der Waals surface area contributed by atoms with Crippen LogP contribution in [0.15, 0.2) is 91.1 Å². The van der Waals surface area contributed by atoms with Gasteiger partial charge in [-0.3, -0.25) is 4.79 Å². The number of benzene rings is 3. The van der Waals surface area contributed by atoms with Crippen LogP contribution in [0.1, 0.15) is 16.1 Å². The molecule has 1 amide bonds. The summed E-state index contributed by atoms with van der Waals surface area (Å²) in [6.07, 6.45) is 1.55. The molecule has 0 unspecified atom stereocenters. The molecule has 0 bridgehead atoms. The van der Waals surface area contributed by atoms with Crippen molar-refractivity contribution in [3.05, 3.63) is 102 Å². The normalized spacial score (nSPS) is 10.3. The number of amides is 1. The molecule has 2 N–H and O–H groups in total. The van der Waals surface area contributed by atoms with E-state index in [1.165, 1.54) is 0 Å². The van der Waals surface area contributed by atoms with Gasteiger partial charge in [-0.15, -0.1) is 0 Å². The third kappa shape index (κ3) is 4.62. The summed E-state index contributed by atoms with van der Waals surface area (Å²) in [5, 5.41) is 6.02. The fraction of sp³-hybridized carbons (Fsp3) is 0.0417. The second-order valence-corrected chi connectivity index (χ2v) is 6.57. The monoisotopic (exact) mass is 396 g/mol. The van der Waals surface area contributed by atoms with E-state index in [2.05, 4.69) is 20.6 Å². The molecule has 30 heavy (non-hydrogen) atoms. The number of rotatable bonds is 6. The van der Waals surface area contributed by atoms with Crippen LogP contribution < -0.4 is 15.4 Å². The number of hydrogen-bond acceptors (Lipinski definition) is 5. The van der Waals surface area contributed by atoms with E-state index in [1.807, 2.05) is 73.7 Å². The minimum absolute atomic E-state index is 0.246. The van der Waals surface area contributed by atoms with Gasteiger partial charge in [-0.25, -0.2) is 9.97 Å². The highest BCUT2D eigenvalue weighted by atomic mass is 16.5. The van der Waals surface area contributed by atoms with Gasteiger partial charge >= 0.3 is 0 Å². The average Bonchev–Trinajstić information content (AvgIpc) is 2.78. The van der Waals surface area contributed by atoms with Gasteiger partial charge < -0.3 is 15.4 Å². The van der Waals surface area contributed by atoms with Gasteiger partial charge in [0.15, 0.2) is 5.75 Å². The van der Waals surface area contributed by atoms with Gasteiger partial charge in [0, 0.05) is 11.9 Å². The largest absolute Gasteiger partial charge is 0.455 e. The quantitative estimate of drug-likeness (QED) is 0.445. The first-order chi connectivity index (χ1) is 14.7. The number of nitrogens with zero attached hydrogens (tertiary/aromatic N) is 2. The van der Waals surface area contributed by atoms with Crippen LogP contribution in [0, 0.1) is 6.92 Å². The molecule has 0 fully saturated rings. The zero-order valence-electron chi connectivity index (χ0n) is 16.4. The van der Waals surface area contributed by atoms with Crippen molar-refractivity contribution in [1.29, 1.82) is 0 Å². The second-order valence-electron chi connectivity index (χ2n) is 6.57. The van der Waals surface area contributed by atoms with E-state index in [9.17, 15) is 4.79 Å². The highest BCUT2D eigenvalue weighted by Crippen LogP contribution is 2.29. The Balaban J connectivity index is 1.52. The number of carbonyl (C=O) groups excluding carboxylic acids is 1. The Hall–Kier alpha value is -4.19. The lowest BCUT2D eigenvalue weighted by molar-refractivity contribution is 0.102. The lowest BCUT2D eigenvalue weighted by atomic mass is 10.2. The summed E-state index contributed by atoms with van der Waals surface area (Å²) in [6.45, 7) is 1.99. The first kappa shape index (κ1) is 19.1. The number of nitrogens with one attached hydrogen (secondary N) is 2. The summed E-state index contributed by atoms with van der Waals surface area (Å²) < 4.78 is 5.90. The molecule has 148 valence electrons. The molecular weight excluding hydrogens is 376 g/mol. The van der Waals surface area contributed by atoms with Crippen LogP contribution in [0.3, 0.4) is 0 Å². The summed E-state index contributed by atoms with van der Waals surface area (Å²) >= 11 is 0. The van der Waals surface area contributed by atoms with E-state index < -0.39 is 0 Å². The molecule has 0 aliphatic rings. The SMILES string of the molecule is Cc1ccccc1Nc1nccc(C(=O)Nc2ccccc2Oc2ccccc2)n1. The highest BCUT2D eigenvalue weighted by molar-refractivity contribution is 6.03. The van der Waals surface area contributed by atoms with Crippen molar-refractivity contribution < 1.29 is 9.53 Å². The van der Waals surface area contributed by atoms with Crippen LogP contribution >= 0.6 is 0 Å². The first-order valence-electron chi connectivity index (χ1n) is 9.48. The first-order valence-corrected chi connectivity index (χ1v) is 9.48. The number of ether oxygens (including phenoxy) is 1. The molecule has 1 aromatic heterocycles. The molecule has 6 heteroatoms. The standard InChI is InChI=1S/C24H20N4O2/c1-17-9-5-6-12-19(17)27-24-25-16-15-21(28-24)23(29)26-20-13-7-8-14-22(20)30-18-10-3-2-4-11-18/h2-16H,1H3,(H,26,29)(H,25,27,28). The van der Waals surface area contributed by atoms with Crippen LogP contribution in [0.5, 0.6) is 11.5 Å². The Bertz CT molecular complexity index is 1160. The molecule has 4 rings (SSSR count). The molecule has 0 radical (unpaired) electrons. The lowest BCUT2D eigenvalue weighted by Crippen LogP contribution is -2.15. The fourth-order valence-electron chi connectivity index (χ4n) is 2.84. The molecule has 0 aliphatic carbocycles. The fourth-order valence-corrected chi connectivity index (χ4v) is 2.84. The zero-order valence-corrected chi connectivity index (χ0v) is 16.4. The Morgan fingerprint density at radius 2 is 1.53 bits per heavy atom. The number of aromatic nitrogens is 2. The number of aryl methyl sites for hydroxylation is 1. The van der Waals surface area contributed by atoms with Gasteiger partial charge in [0.05, 0.1) is 5.69 Å². The predicted octanol–water partition coefficient (Wildman–Crippen LogP) is 5.57. The minimum Gasteiger partial charge on any atom is -0.455 e. The average molecular weight is 396 g/mol. The summed E-state index contributed by atoms with van der Waals surface area (Å²) in [5.41, 5.74) is 2.74. The van der Waals surface area contributed by atoms with Crippen molar-refractivity contribution >= 4 is 23.2 Å². The molecule has 3 aromatic carbocycles. The summed E-state index contributed by atoms with van der Waals surface area (Å²) in [7, 11) is 0. The van der Waals surface area contributed by atoms with Crippen LogP contribution in [-0.2, 0) is 0 Å². The Labute approximate surface area is 174 Å². The smallest absolute Gasteiger partial charge is 0.274 e. The second kappa shape index (κ2) is 8.87. The highest BCUT2D eigenvalue weighted by Gasteiger charge is 2.13. The molecule has 6 nitrogen and oxygen atoms in total. The summed E-state index contributed by atoms with van der Waals surface area (Å²) in [4.78, 5) is 21.4. The van der Waals surface area contributed by atoms with E-state index >= 15 is 0 Å². The van der Waals surface area contributed by atoms with Crippen molar-refractivity contribution in [2.75, 3.05) is 10.6 Å². The maximum absolute atomic E-state index is 12.8. The van der Waals surface area contributed by atoms with E-state index in [1.54, 1.807) is 24.4 Å². The predicted molar refractivity (Wildman–Crippen MR) is 117 cm³/mol. The Kier molecular flexibility index (Phi) is 5.66. The van der Waals surface area contributed by atoms with Crippen LogP contribution in [0.25, 0.3) is 0 Å². The van der Waals surface area contributed by atoms with Crippen LogP contribution in [0.4, 0.5) is 17.3 Å². The van der Waals surface area contributed by atoms with Crippen molar-refractivity contribution in [1.82, 2.24) is 9.97 Å². The maximum atomic E-state index is 12.8. The Morgan fingerprint density at radius 1 is 0.833 bits per heavy atom. The number of anilines is 3. The van der Waals surface area contributed by atoms with Crippen molar-refractivity contribution in [3.8, 4) is 11.5 Å². The maximum Gasteiger partial charge on any atom is 0.274 e. The molecular formula is C24H20N4O2. The molecule has 0 atom stereocenters. The molecule has 0 spiro atoms. The van der Waals surface area contributed by atoms with E-state index in [0.29, 0.717) is 23.1 Å². The van der Waals surface area contributed by atoms with Crippen LogP contribution in [-0.4, -0.2) is 15.9 Å². The van der Waals surface area contributed by atoms with Gasteiger partial charge in [0.1, 0.15) is 11.4 Å².